The van der Waals surface area contributed by atoms with Crippen LogP contribution in [0.1, 0.15) is 67.4 Å². The maximum atomic E-state index is 13.6. The highest BCUT2D eigenvalue weighted by Crippen LogP contribution is 2.37. The second-order valence-corrected chi connectivity index (χ2v) is 9.82. The maximum absolute atomic E-state index is 13.6. The van der Waals surface area contributed by atoms with E-state index in [1.165, 1.54) is 0 Å². The summed E-state index contributed by atoms with van der Waals surface area (Å²) in [4.78, 5) is 43.2. The normalized spacial score (nSPS) is 13.2. The van der Waals surface area contributed by atoms with Gasteiger partial charge in [-0.1, -0.05) is 74.4 Å². The second kappa shape index (κ2) is 12.0. The lowest BCUT2D eigenvalue weighted by molar-refractivity contribution is -0.141. The van der Waals surface area contributed by atoms with Gasteiger partial charge in [-0.05, 0) is 49.3 Å². The van der Waals surface area contributed by atoms with Crippen LogP contribution in [0, 0.1) is 6.92 Å². The lowest BCUT2D eigenvalue weighted by Crippen LogP contribution is -2.49. The van der Waals surface area contributed by atoms with E-state index in [4.69, 9.17) is 0 Å². The highest BCUT2D eigenvalue weighted by atomic mass is 16.2. The van der Waals surface area contributed by atoms with Gasteiger partial charge in [-0.3, -0.25) is 14.4 Å². The predicted molar refractivity (Wildman–Crippen MR) is 149 cm³/mol. The van der Waals surface area contributed by atoms with Gasteiger partial charge in [0.25, 0.3) is 5.91 Å². The van der Waals surface area contributed by atoms with Gasteiger partial charge in [0, 0.05) is 37.0 Å². The minimum Gasteiger partial charge on any atom is -0.354 e. The standard InChI is InChI=1S/C31H37N3O3/c1-4-6-18-32-30(36)26(5-2)34(21-23-12-7-11-22(3)20-23)28(35)17-10-19-33-27-16-9-14-24-13-8-15-25(29(24)27)31(33)37/h7-9,11-16,20,26H,4-6,10,17-19,21H2,1-3H3,(H,32,36)/t26-/m0/s1. The number of carbonyl (C=O) groups is 3. The summed E-state index contributed by atoms with van der Waals surface area (Å²) in [5.74, 6) is -0.187. The van der Waals surface area contributed by atoms with Crippen LogP contribution >= 0.6 is 0 Å². The molecule has 37 heavy (non-hydrogen) atoms. The molecule has 0 spiro atoms. The molecule has 3 aromatic rings. The molecule has 0 saturated heterocycles. The van der Waals surface area contributed by atoms with E-state index in [0.717, 1.165) is 46.0 Å². The Balaban J connectivity index is 1.47. The lowest BCUT2D eigenvalue weighted by atomic mass is 10.1. The zero-order valence-corrected chi connectivity index (χ0v) is 22.1. The number of nitrogens with zero attached hydrogens (tertiary/aromatic N) is 2. The average molecular weight is 500 g/mol. The Hall–Kier alpha value is -3.67. The SMILES string of the molecule is CCCCNC(=O)[C@H](CC)N(Cc1cccc(C)c1)C(=O)CCCN1C(=O)c2cccc3cccc1c23. The number of anilines is 1. The number of nitrogens with one attached hydrogen (secondary N) is 1. The molecule has 0 fully saturated rings. The molecule has 0 aliphatic carbocycles. The van der Waals surface area contributed by atoms with Crippen molar-refractivity contribution in [3.05, 3.63) is 77.4 Å². The van der Waals surface area contributed by atoms with Gasteiger partial charge in [0.2, 0.25) is 11.8 Å². The fraction of sp³-hybridized carbons (Fsp3) is 0.387. The minimum atomic E-state index is -0.531. The van der Waals surface area contributed by atoms with Gasteiger partial charge in [-0.25, -0.2) is 0 Å². The zero-order chi connectivity index (χ0) is 26.4. The third-order valence-electron chi connectivity index (χ3n) is 7.07. The van der Waals surface area contributed by atoms with Crippen LogP contribution in [0.5, 0.6) is 0 Å². The van der Waals surface area contributed by atoms with E-state index in [0.29, 0.717) is 32.5 Å². The van der Waals surface area contributed by atoms with Crippen LogP contribution in [0.25, 0.3) is 10.8 Å². The first-order valence-corrected chi connectivity index (χ1v) is 13.4. The first kappa shape index (κ1) is 26.4. The van der Waals surface area contributed by atoms with Crippen molar-refractivity contribution in [2.45, 2.75) is 65.5 Å². The van der Waals surface area contributed by atoms with E-state index in [2.05, 4.69) is 18.3 Å². The number of carbonyl (C=O) groups excluding carboxylic acids is 3. The molecule has 1 aliphatic rings. The quantitative estimate of drug-likeness (QED) is 0.329. The molecule has 0 radical (unpaired) electrons. The number of hydrogen-bond donors (Lipinski definition) is 1. The first-order chi connectivity index (χ1) is 17.9. The van der Waals surface area contributed by atoms with E-state index < -0.39 is 6.04 Å². The average Bonchev–Trinajstić information content (AvgIpc) is 3.17. The Kier molecular flexibility index (Phi) is 8.59. The number of rotatable bonds is 12. The van der Waals surface area contributed by atoms with E-state index in [9.17, 15) is 14.4 Å². The Morgan fingerprint density at radius 3 is 2.49 bits per heavy atom. The number of benzene rings is 3. The molecular weight excluding hydrogens is 462 g/mol. The minimum absolute atomic E-state index is 0.0161. The highest BCUT2D eigenvalue weighted by Gasteiger charge is 2.31. The fourth-order valence-corrected chi connectivity index (χ4v) is 5.17. The van der Waals surface area contributed by atoms with E-state index in [1.807, 2.05) is 68.4 Å². The molecule has 6 nitrogen and oxygen atoms in total. The van der Waals surface area contributed by atoms with Crippen molar-refractivity contribution in [1.29, 1.82) is 0 Å². The summed E-state index contributed by atoms with van der Waals surface area (Å²) in [5.41, 5.74) is 3.75. The highest BCUT2D eigenvalue weighted by molar-refractivity contribution is 6.25. The zero-order valence-electron chi connectivity index (χ0n) is 22.1. The van der Waals surface area contributed by atoms with Crippen LogP contribution < -0.4 is 10.2 Å². The Morgan fingerprint density at radius 2 is 1.76 bits per heavy atom. The fourth-order valence-electron chi connectivity index (χ4n) is 5.17. The van der Waals surface area contributed by atoms with E-state index >= 15 is 0 Å². The summed E-state index contributed by atoms with van der Waals surface area (Å²) in [7, 11) is 0. The predicted octanol–water partition coefficient (Wildman–Crippen LogP) is 5.61. The van der Waals surface area contributed by atoms with Gasteiger partial charge in [0.1, 0.15) is 6.04 Å². The van der Waals surface area contributed by atoms with Crippen LogP contribution in [0.15, 0.2) is 60.7 Å². The molecule has 0 unspecified atom stereocenters. The molecule has 194 valence electrons. The van der Waals surface area contributed by atoms with Crippen molar-refractivity contribution < 1.29 is 14.4 Å². The summed E-state index contributed by atoms with van der Waals surface area (Å²) < 4.78 is 0. The molecule has 3 amide bonds. The largest absolute Gasteiger partial charge is 0.354 e. The maximum Gasteiger partial charge on any atom is 0.258 e. The molecule has 0 saturated carbocycles. The van der Waals surface area contributed by atoms with Crippen molar-refractivity contribution >= 4 is 34.2 Å². The summed E-state index contributed by atoms with van der Waals surface area (Å²) in [6, 6.07) is 19.3. The third-order valence-corrected chi connectivity index (χ3v) is 7.07. The van der Waals surface area contributed by atoms with Crippen LogP contribution in [0.4, 0.5) is 5.69 Å². The topological polar surface area (TPSA) is 69.7 Å². The smallest absolute Gasteiger partial charge is 0.258 e. The van der Waals surface area contributed by atoms with Gasteiger partial charge >= 0.3 is 0 Å². The van der Waals surface area contributed by atoms with Crippen molar-refractivity contribution in [3.63, 3.8) is 0 Å². The van der Waals surface area contributed by atoms with Crippen LogP contribution in [-0.2, 0) is 16.1 Å². The lowest BCUT2D eigenvalue weighted by Gasteiger charge is -2.31. The van der Waals surface area contributed by atoms with Crippen molar-refractivity contribution in [1.82, 2.24) is 10.2 Å². The molecule has 1 N–H and O–H groups in total. The summed E-state index contributed by atoms with van der Waals surface area (Å²) in [5, 5.41) is 5.04. The van der Waals surface area contributed by atoms with Crippen LogP contribution in [-0.4, -0.2) is 41.8 Å². The van der Waals surface area contributed by atoms with Crippen molar-refractivity contribution in [2.24, 2.45) is 0 Å². The van der Waals surface area contributed by atoms with Gasteiger partial charge in [0.15, 0.2) is 0 Å². The number of aryl methyl sites for hydroxylation is 1. The number of hydrogen-bond acceptors (Lipinski definition) is 3. The summed E-state index contributed by atoms with van der Waals surface area (Å²) >= 11 is 0. The molecule has 1 heterocycles. The van der Waals surface area contributed by atoms with E-state index in [-0.39, 0.29) is 24.1 Å². The van der Waals surface area contributed by atoms with Crippen molar-refractivity contribution in [3.8, 4) is 0 Å². The molecule has 3 aromatic carbocycles. The van der Waals surface area contributed by atoms with Crippen LogP contribution in [0.2, 0.25) is 0 Å². The molecular formula is C31H37N3O3. The number of unbranched alkanes of at least 4 members (excludes halogenated alkanes) is 1. The van der Waals surface area contributed by atoms with Crippen LogP contribution in [0.3, 0.4) is 0 Å². The first-order valence-electron chi connectivity index (χ1n) is 13.4. The van der Waals surface area contributed by atoms with Crippen molar-refractivity contribution in [2.75, 3.05) is 18.0 Å². The molecule has 0 aromatic heterocycles. The van der Waals surface area contributed by atoms with Gasteiger partial charge in [0.05, 0.1) is 5.69 Å². The summed E-state index contributed by atoms with van der Waals surface area (Å²) in [6.07, 6.45) is 3.23. The Bertz CT molecular complexity index is 1280. The third kappa shape index (κ3) is 5.85. The van der Waals surface area contributed by atoms with Gasteiger partial charge in [-0.15, -0.1) is 0 Å². The molecule has 6 heteroatoms. The number of amides is 3. The Labute approximate surface area is 219 Å². The van der Waals surface area contributed by atoms with Gasteiger partial charge < -0.3 is 15.1 Å². The second-order valence-electron chi connectivity index (χ2n) is 9.82. The summed E-state index contributed by atoms with van der Waals surface area (Å²) in [6.45, 7) is 7.50. The molecule has 4 rings (SSSR count). The Morgan fingerprint density at radius 1 is 1.00 bits per heavy atom. The van der Waals surface area contributed by atoms with E-state index in [1.54, 1.807) is 9.80 Å². The van der Waals surface area contributed by atoms with Gasteiger partial charge in [-0.2, -0.15) is 0 Å². The molecule has 0 bridgehead atoms. The monoisotopic (exact) mass is 499 g/mol. The molecule has 1 aliphatic heterocycles. The molecule has 1 atom stereocenters.